The van der Waals surface area contributed by atoms with E-state index in [4.69, 9.17) is 37.0 Å². The van der Waals surface area contributed by atoms with Crippen molar-refractivity contribution >= 4 is 39.5 Å². The number of esters is 4. The van der Waals surface area contributed by atoms with E-state index in [2.05, 4.69) is 125 Å². The van der Waals surface area contributed by atoms with Gasteiger partial charge in [0, 0.05) is 19.3 Å². The number of hydrogen-bond acceptors (Lipinski definition) is 15. The Morgan fingerprint density at radius 2 is 0.582 bits per heavy atom. The molecular formula is C79H134O17P2. The van der Waals surface area contributed by atoms with E-state index < -0.39 is 97.5 Å². The van der Waals surface area contributed by atoms with Gasteiger partial charge < -0.3 is 33.8 Å². The molecule has 19 heteroatoms. The molecule has 0 radical (unpaired) electrons. The van der Waals surface area contributed by atoms with Crippen LogP contribution in [0.15, 0.2) is 122 Å². The quantitative estimate of drug-likeness (QED) is 0.0169. The first kappa shape index (κ1) is 93.5. The highest BCUT2D eigenvalue weighted by Gasteiger charge is 2.30. The molecule has 0 saturated heterocycles. The molecule has 562 valence electrons. The largest absolute Gasteiger partial charge is 0.472 e. The van der Waals surface area contributed by atoms with Crippen LogP contribution >= 0.6 is 15.6 Å². The molecule has 0 aliphatic heterocycles. The lowest BCUT2D eigenvalue weighted by atomic mass is 10.1. The van der Waals surface area contributed by atoms with Crippen molar-refractivity contribution < 1.29 is 80.2 Å². The van der Waals surface area contributed by atoms with Crippen LogP contribution in [0.4, 0.5) is 0 Å². The molecule has 17 nitrogen and oxygen atoms in total. The van der Waals surface area contributed by atoms with E-state index >= 15 is 0 Å². The van der Waals surface area contributed by atoms with Crippen molar-refractivity contribution in [3.63, 3.8) is 0 Å². The SMILES string of the molecule is CC/C=C\C/C=C\C/C=C\C/C=C\C/C=C\CC(=O)OCC(COP(=O)(O)OCC(O)COP(=O)(O)OCC(COC(=O)CCCCCCCC/C=C\C/C=C\C/C=C\CCCCC)OC(=O)CCCCCCC/C=C\CCCCCC)OC(=O)CCCCCCC/C=C\CCCC. The molecule has 5 atom stereocenters. The van der Waals surface area contributed by atoms with Gasteiger partial charge in [0.05, 0.1) is 32.8 Å². The lowest BCUT2D eigenvalue weighted by Gasteiger charge is -2.21. The molecule has 0 saturated carbocycles. The first-order valence-corrected chi connectivity index (χ1v) is 40.8. The monoisotopic (exact) mass is 1420 g/mol. The third-order valence-electron chi connectivity index (χ3n) is 15.4. The Kier molecular flexibility index (Phi) is 67.6. The first-order chi connectivity index (χ1) is 47.7. The summed E-state index contributed by atoms with van der Waals surface area (Å²) in [6, 6.07) is 0. The van der Waals surface area contributed by atoms with E-state index in [0.29, 0.717) is 25.7 Å². The van der Waals surface area contributed by atoms with Gasteiger partial charge in [-0.15, -0.1) is 0 Å². The van der Waals surface area contributed by atoms with Crippen molar-refractivity contribution in [2.75, 3.05) is 39.6 Å². The molecule has 0 aromatic rings. The standard InChI is InChI=1S/C79H134O17P2/c1-5-9-13-17-21-25-29-32-34-35-36-37-39-42-45-48-52-56-60-64-77(82)90-70-75(96-79(84)66-62-58-54-50-46-40-31-27-23-19-15-11-7-3)72-94-98(87,88)92-68-73(80)67-91-97(85,86)93-71-74(95-78(83)65-61-57-53-49-43-28-24-20-16-12-8-4)69-89-76(81)63-59-55-51-47-44-41-38-33-30-26-22-18-14-10-6-2/h10,14,20-22,24-27,31-34,36-38,44,47,55,59,73-75,80H,5-9,11-13,15-19,23,28-30,35,39-43,45-46,48-54,56-58,60-72H2,1-4H3,(H,85,86)(H,87,88)/b14-10-,24-20-,25-21-,26-22-,31-27-,34-32-,37-36-,38-33-,47-44-,59-55-. The third kappa shape index (κ3) is 69.9. The normalized spacial score (nSPS) is 14.6. The van der Waals surface area contributed by atoms with Gasteiger partial charge in [-0.05, 0) is 135 Å². The third-order valence-corrected chi connectivity index (χ3v) is 17.3. The number of phosphoric acid groups is 2. The molecule has 0 fully saturated rings. The molecule has 0 rings (SSSR count). The van der Waals surface area contributed by atoms with Crippen molar-refractivity contribution in [1.82, 2.24) is 0 Å². The summed E-state index contributed by atoms with van der Waals surface area (Å²) in [6.45, 7) is 4.52. The Morgan fingerprint density at radius 1 is 0.306 bits per heavy atom. The van der Waals surface area contributed by atoms with Crippen molar-refractivity contribution in [3.8, 4) is 0 Å². The van der Waals surface area contributed by atoms with Crippen molar-refractivity contribution in [3.05, 3.63) is 122 Å². The summed E-state index contributed by atoms with van der Waals surface area (Å²) < 4.78 is 68.2. The fraction of sp³-hybridized carbons (Fsp3) is 0.696. The molecule has 0 aliphatic rings. The van der Waals surface area contributed by atoms with Crippen LogP contribution in [-0.4, -0.2) is 96.7 Å². The average Bonchev–Trinajstić information content (AvgIpc) is 1.94. The van der Waals surface area contributed by atoms with Crippen LogP contribution < -0.4 is 0 Å². The van der Waals surface area contributed by atoms with Gasteiger partial charge in [-0.3, -0.25) is 37.3 Å². The summed E-state index contributed by atoms with van der Waals surface area (Å²) in [5.41, 5.74) is 0. The zero-order valence-corrected chi connectivity index (χ0v) is 63.0. The van der Waals surface area contributed by atoms with E-state index in [1.165, 1.54) is 57.8 Å². The Hall–Kier alpha value is -4.54. The molecule has 0 aromatic heterocycles. The van der Waals surface area contributed by atoms with Gasteiger partial charge in [-0.2, -0.15) is 0 Å². The topological polar surface area (TPSA) is 237 Å². The van der Waals surface area contributed by atoms with Crippen LogP contribution in [0.25, 0.3) is 0 Å². The molecule has 5 unspecified atom stereocenters. The van der Waals surface area contributed by atoms with E-state index in [0.717, 1.165) is 161 Å². The second-order valence-corrected chi connectivity index (χ2v) is 27.8. The number of carbonyl (C=O) groups is 4. The minimum atomic E-state index is -4.99. The number of rotatable bonds is 70. The summed E-state index contributed by atoms with van der Waals surface area (Å²) in [6.07, 6.45) is 76.6. The molecule has 3 N–H and O–H groups in total. The molecule has 0 heterocycles. The molecular weight excluding hydrogens is 1280 g/mol. The number of carbonyl (C=O) groups excluding carboxylic acids is 4. The summed E-state index contributed by atoms with van der Waals surface area (Å²) >= 11 is 0. The smallest absolute Gasteiger partial charge is 0.462 e. The van der Waals surface area contributed by atoms with Gasteiger partial charge in [0.15, 0.2) is 12.2 Å². The molecule has 0 spiro atoms. The van der Waals surface area contributed by atoms with E-state index in [1.54, 1.807) is 6.08 Å². The number of unbranched alkanes of at least 4 members (excludes halogenated alkanes) is 25. The first-order valence-electron chi connectivity index (χ1n) is 37.8. The van der Waals surface area contributed by atoms with Crippen LogP contribution in [0, 0.1) is 0 Å². The van der Waals surface area contributed by atoms with Crippen LogP contribution in [-0.2, 0) is 65.4 Å². The summed E-state index contributed by atoms with van der Waals surface area (Å²) in [5, 5.41) is 10.6. The summed E-state index contributed by atoms with van der Waals surface area (Å²) in [5.74, 6) is -2.36. The maximum atomic E-state index is 13.1. The fourth-order valence-electron chi connectivity index (χ4n) is 9.63. The van der Waals surface area contributed by atoms with Gasteiger partial charge in [0.2, 0.25) is 0 Å². The molecule has 98 heavy (non-hydrogen) atoms. The number of phosphoric ester groups is 2. The highest BCUT2D eigenvalue weighted by Crippen LogP contribution is 2.45. The van der Waals surface area contributed by atoms with Crippen LogP contribution in [0.3, 0.4) is 0 Å². The highest BCUT2D eigenvalue weighted by atomic mass is 31.2. The van der Waals surface area contributed by atoms with Crippen LogP contribution in [0.5, 0.6) is 0 Å². The minimum Gasteiger partial charge on any atom is -0.462 e. The van der Waals surface area contributed by atoms with Gasteiger partial charge >= 0.3 is 39.5 Å². The van der Waals surface area contributed by atoms with Crippen molar-refractivity contribution in [2.24, 2.45) is 0 Å². The zero-order valence-electron chi connectivity index (χ0n) is 61.2. The van der Waals surface area contributed by atoms with Crippen LogP contribution in [0.2, 0.25) is 0 Å². The number of ether oxygens (including phenoxy) is 4. The second kappa shape index (κ2) is 70.9. The molecule has 0 bridgehead atoms. The Morgan fingerprint density at radius 3 is 0.969 bits per heavy atom. The van der Waals surface area contributed by atoms with Crippen LogP contribution in [0.1, 0.15) is 297 Å². The lowest BCUT2D eigenvalue weighted by Crippen LogP contribution is -2.30. The fourth-order valence-corrected chi connectivity index (χ4v) is 11.2. The predicted molar refractivity (Wildman–Crippen MR) is 399 cm³/mol. The predicted octanol–water partition coefficient (Wildman–Crippen LogP) is 21.6. The van der Waals surface area contributed by atoms with E-state index in [1.807, 2.05) is 18.2 Å². The van der Waals surface area contributed by atoms with E-state index in [9.17, 15) is 43.2 Å². The minimum absolute atomic E-state index is 0.0627. The molecule has 0 amide bonds. The zero-order chi connectivity index (χ0) is 71.8. The maximum Gasteiger partial charge on any atom is 0.472 e. The average molecular weight is 1420 g/mol. The van der Waals surface area contributed by atoms with Crippen molar-refractivity contribution in [1.29, 1.82) is 0 Å². The van der Waals surface area contributed by atoms with Gasteiger partial charge in [0.1, 0.15) is 19.3 Å². The van der Waals surface area contributed by atoms with Gasteiger partial charge in [0.25, 0.3) is 0 Å². The summed E-state index contributed by atoms with van der Waals surface area (Å²) in [4.78, 5) is 72.7. The summed E-state index contributed by atoms with van der Waals surface area (Å²) in [7, 11) is -9.98. The molecule has 0 aromatic carbocycles. The second-order valence-electron chi connectivity index (χ2n) is 24.9. The molecule has 0 aliphatic carbocycles. The number of allylic oxidation sites excluding steroid dienone is 19. The van der Waals surface area contributed by atoms with Crippen molar-refractivity contribution in [2.45, 2.75) is 316 Å². The Labute approximate surface area is 593 Å². The van der Waals surface area contributed by atoms with E-state index in [-0.39, 0.29) is 25.7 Å². The number of hydrogen-bond donors (Lipinski definition) is 3. The van der Waals surface area contributed by atoms with Gasteiger partial charge in [-0.25, -0.2) is 9.13 Å². The maximum absolute atomic E-state index is 13.1. The number of aliphatic hydroxyl groups excluding tert-OH is 1. The van der Waals surface area contributed by atoms with Gasteiger partial charge in [-0.1, -0.05) is 258 Å². The Balaban J connectivity index is 5.38. The lowest BCUT2D eigenvalue weighted by molar-refractivity contribution is -0.161. The Bertz CT molecular complexity index is 2340. The highest BCUT2D eigenvalue weighted by molar-refractivity contribution is 7.47. The number of aliphatic hydroxyl groups is 1.